The molecule has 0 aliphatic carbocycles. The molecule has 1 rings (SSSR count). The summed E-state index contributed by atoms with van der Waals surface area (Å²) < 4.78 is 40.9. The summed E-state index contributed by atoms with van der Waals surface area (Å²) >= 11 is 0. The van der Waals surface area contributed by atoms with Crippen LogP contribution in [-0.4, -0.2) is 23.4 Å². The van der Waals surface area contributed by atoms with E-state index in [4.69, 9.17) is 4.42 Å². The molecule has 7 heteroatoms. The van der Waals surface area contributed by atoms with Crippen LogP contribution in [0.4, 0.5) is 13.2 Å². The van der Waals surface area contributed by atoms with Crippen LogP contribution in [0.2, 0.25) is 0 Å². The number of aryl methyl sites for hydroxylation is 1. The van der Waals surface area contributed by atoms with E-state index in [0.717, 1.165) is 6.42 Å². The molecule has 4 nitrogen and oxygen atoms in total. The maximum Gasteiger partial charge on any atom is 0.389 e. The van der Waals surface area contributed by atoms with Crippen molar-refractivity contribution in [3.05, 3.63) is 11.8 Å². The summed E-state index contributed by atoms with van der Waals surface area (Å²) in [6.45, 7) is 1.92. The highest BCUT2D eigenvalue weighted by Crippen LogP contribution is 2.22. The van der Waals surface area contributed by atoms with E-state index in [1.165, 1.54) is 0 Å². The molecule has 1 unspecified atom stereocenters. The van der Waals surface area contributed by atoms with Crippen LogP contribution < -0.4 is 5.32 Å². The smallest absolute Gasteiger partial charge is 0.389 e. The Kier molecular flexibility index (Phi) is 4.28. The zero-order chi connectivity index (χ0) is 12.2. The van der Waals surface area contributed by atoms with Gasteiger partial charge in [0.1, 0.15) is 0 Å². The summed E-state index contributed by atoms with van der Waals surface area (Å²) in [5.41, 5.74) is 0. The van der Waals surface area contributed by atoms with Crippen LogP contribution in [0.1, 0.15) is 37.6 Å². The van der Waals surface area contributed by atoms with Gasteiger partial charge in [-0.1, -0.05) is 6.92 Å². The van der Waals surface area contributed by atoms with Crippen molar-refractivity contribution >= 4 is 0 Å². The Bertz CT molecular complexity index is 320. The molecule has 1 heterocycles. The highest BCUT2D eigenvalue weighted by atomic mass is 19.4. The first-order chi connectivity index (χ1) is 7.46. The van der Waals surface area contributed by atoms with Gasteiger partial charge in [-0.05, 0) is 13.5 Å². The van der Waals surface area contributed by atoms with Gasteiger partial charge in [0.05, 0.1) is 12.5 Å². The second-order valence-electron chi connectivity index (χ2n) is 3.40. The van der Waals surface area contributed by atoms with Gasteiger partial charge in [0.25, 0.3) is 0 Å². The topological polar surface area (TPSA) is 51.0 Å². The van der Waals surface area contributed by atoms with Crippen LogP contribution in [0.15, 0.2) is 4.42 Å². The van der Waals surface area contributed by atoms with Crippen LogP contribution in [0.25, 0.3) is 0 Å². The number of aromatic nitrogens is 2. The van der Waals surface area contributed by atoms with Gasteiger partial charge in [0.15, 0.2) is 0 Å². The lowest BCUT2D eigenvalue weighted by Crippen LogP contribution is -2.15. The summed E-state index contributed by atoms with van der Waals surface area (Å²) in [4.78, 5) is 0. The van der Waals surface area contributed by atoms with Crippen LogP contribution in [0.5, 0.6) is 0 Å². The largest absolute Gasteiger partial charge is 0.424 e. The van der Waals surface area contributed by atoms with Crippen molar-refractivity contribution < 1.29 is 17.6 Å². The Labute approximate surface area is 91.2 Å². The predicted molar refractivity (Wildman–Crippen MR) is 50.8 cm³/mol. The Morgan fingerprint density at radius 1 is 1.38 bits per heavy atom. The van der Waals surface area contributed by atoms with Gasteiger partial charge >= 0.3 is 6.18 Å². The number of hydrogen-bond acceptors (Lipinski definition) is 4. The lowest BCUT2D eigenvalue weighted by atomic mass is 10.2. The van der Waals surface area contributed by atoms with E-state index in [1.807, 2.05) is 6.92 Å². The second kappa shape index (κ2) is 5.29. The molecule has 1 N–H and O–H groups in total. The first kappa shape index (κ1) is 13.0. The summed E-state index contributed by atoms with van der Waals surface area (Å²) in [7, 11) is 1.73. The predicted octanol–water partition coefficient (Wildman–Crippen LogP) is 2.24. The van der Waals surface area contributed by atoms with E-state index in [-0.39, 0.29) is 18.4 Å². The third-order valence-electron chi connectivity index (χ3n) is 2.16. The molecule has 0 saturated carbocycles. The molecule has 16 heavy (non-hydrogen) atoms. The van der Waals surface area contributed by atoms with Gasteiger partial charge in [-0.25, -0.2) is 0 Å². The molecule has 0 spiro atoms. The summed E-state index contributed by atoms with van der Waals surface area (Å²) in [5.74, 6) is 0.364. The molecule has 1 atom stereocenters. The van der Waals surface area contributed by atoms with Gasteiger partial charge in [0.2, 0.25) is 11.8 Å². The first-order valence-electron chi connectivity index (χ1n) is 5.02. The van der Waals surface area contributed by atoms with E-state index in [2.05, 4.69) is 15.5 Å². The maximum absolute atomic E-state index is 11.9. The van der Waals surface area contributed by atoms with Crippen LogP contribution in [0, 0.1) is 0 Å². The molecule has 92 valence electrons. The van der Waals surface area contributed by atoms with Crippen molar-refractivity contribution in [1.82, 2.24) is 15.5 Å². The second-order valence-corrected chi connectivity index (χ2v) is 3.40. The number of alkyl halides is 3. The Morgan fingerprint density at radius 3 is 2.56 bits per heavy atom. The van der Waals surface area contributed by atoms with Crippen LogP contribution >= 0.6 is 0 Å². The molecule has 0 amide bonds. The molecule has 0 radical (unpaired) electrons. The SMILES string of the molecule is CCC(NC)c1nnc(CCC(F)(F)F)o1. The third-order valence-corrected chi connectivity index (χ3v) is 2.16. The lowest BCUT2D eigenvalue weighted by Gasteiger charge is -2.07. The van der Waals surface area contributed by atoms with E-state index < -0.39 is 12.6 Å². The molecule has 0 bridgehead atoms. The van der Waals surface area contributed by atoms with E-state index in [1.54, 1.807) is 7.05 Å². The average Bonchev–Trinajstić information content (AvgIpc) is 2.65. The van der Waals surface area contributed by atoms with E-state index in [9.17, 15) is 13.2 Å². The zero-order valence-electron chi connectivity index (χ0n) is 9.14. The fourth-order valence-corrected chi connectivity index (χ4v) is 1.26. The number of hydrogen-bond donors (Lipinski definition) is 1. The monoisotopic (exact) mass is 237 g/mol. The minimum absolute atomic E-state index is 0.0287. The molecule has 0 fully saturated rings. The maximum atomic E-state index is 11.9. The fraction of sp³-hybridized carbons (Fsp3) is 0.778. The molecule has 1 aromatic rings. The van der Waals surface area contributed by atoms with Crippen molar-refractivity contribution in [3.63, 3.8) is 0 Å². The third kappa shape index (κ3) is 3.80. The first-order valence-corrected chi connectivity index (χ1v) is 5.02. The van der Waals surface area contributed by atoms with Crippen molar-refractivity contribution in [3.8, 4) is 0 Å². The zero-order valence-corrected chi connectivity index (χ0v) is 9.14. The van der Waals surface area contributed by atoms with E-state index in [0.29, 0.717) is 5.89 Å². The number of nitrogens with one attached hydrogen (secondary N) is 1. The highest BCUT2D eigenvalue weighted by molar-refractivity contribution is 4.89. The minimum atomic E-state index is -4.19. The molecular weight excluding hydrogens is 223 g/mol. The molecule has 0 aliphatic heterocycles. The van der Waals surface area contributed by atoms with Gasteiger partial charge in [-0.3, -0.25) is 0 Å². The van der Waals surface area contributed by atoms with Crippen LogP contribution in [-0.2, 0) is 6.42 Å². The quantitative estimate of drug-likeness (QED) is 0.853. The summed E-state index contributed by atoms with van der Waals surface area (Å²) in [5, 5.41) is 10.2. The van der Waals surface area contributed by atoms with Gasteiger partial charge < -0.3 is 9.73 Å². The van der Waals surface area contributed by atoms with Gasteiger partial charge in [0, 0.05) is 6.42 Å². The van der Waals surface area contributed by atoms with Gasteiger partial charge in [-0.2, -0.15) is 13.2 Å². The number of nitrogens with zero attached hydrogens (tertiary/aromatic N) is 2. The van der Waals surface area contributed by atoms with E-state index >= 15 is 0 Å². The molecule has 0 aromatic carbocycles. The Morgan fingerprint density at radius 2 is 2.06 bits per heavy atom. The van der Waals surface area contributed by atoms with Crippen molar-refractivity contribution in [2.75, 3.05) is 7.05 Å². The highest BCUT2D eigenvalue weighted by Gasteiger charge is 2.28. The Hall–Kier alpha value is -1.11. The Balaban J connectivity index is 2.58. The minimum Gasteiger partial charge on any atom is -0.424 e. The molecule has 0 saturated heterocycles. The standard InChI is InChI=1S/C9H14F3N3O/c1-3-6(13-2)8-15-14-7(16-8)4-5-9(10,11)12/h6,13H,3-5H2,1-2H3. The summed E-state index contributed by atoms with van der Waals surface area (Å²) in [6.07, 6.45) is -4.67. The normalized spacial score (nSPS) is 14.1. The number of rotatable bonds is 5. The summed E-state index contributed by atoms with van der Waals surface area (Å²) in [6, 6.07) is -0.105. The average molecular weight is 237 g/mol. The van der Waals surface area contributed by atoms with Crippen LogP contribution in [0.3, 0.4) is 0 Å². The fourth-order valence-electron chi connectivity index (χ4n) is 1.26. The van der Waals surface area contributed by atoms with Crippen molar-refractivity contribution in [1.29, 1.82) is 0 Å². The molecular formula is C9H14F3N3O. The van der Waals surface area contributed by atoms with Crippen molar-refractivity contribution in [2.45, 2.75) is 38.4 Å². The van der Waals surface area contributed by atoms with Crippen molar-refractivity contribution in [2.24, 2.45) is 0 Å². The van der Waals surface area contributed by atoms with Gasteiger partial charge in [-0.15, -0.1) is 10.2 Å². The number of halogens is 3. The lowest BCUT2D eigenvalue weighted by molar-refractivity contribution is -0.134. The molecule has 0 aliphatic rings. The molecule has 1 aromatic heterocycles.